The van der Waals surface area contributed by atoms with Gasteiger partial charge in [0.05, 0.1) is 6.10 Å². The molecule has 3 rings (SSSR count). The van der Waals surface area contributed by atoms with E-state index in [0.29, 0.717) is 13.1 Å². The van der Waals surface area contributed by atoms with E-state index in [1.165, 1.54) is 0 Å². The van der Waals surface area contributed by atoms with Crippen molar-refractivity contribution in [3.8, 4) is 0 Å². The molecule has 178 valence electrons. The van der Waals surface area contributed by atoms with Crippen LogP contribution in [0, 0.1) is 5.92 Å². The molecule has 3 amide bonds. The van der Waals surface area contributed by atoms with Gasteiger partial charge in [-0.1, -0.05) is 12.8 Å². The van der Waals surface area contributed by atoms with Gasteiger partial charge in [0.25, 0.3) is 0 Å². The minimum atomic E-state index is -0.326. The van der Waals surface area contributed by atoms with Gasteiger partial charge in [-0.15, -0.1) is 0 Å². The summed E-state index contributed by atoms with van der Waals surface area (Å²) in [5.74, 6) is 0.216. The number of rotatable bonds is 7. The highest BCUT2D eigenvalue weighted by Gasteiger charge is 2.27. The van der Waals surface area contributed by atoms with Crippen molar-refractivity contribution < 1.29 is 14.3 Å². The van der Waals surface area contributed by atoms with Crippen LogP contribution in [-0.4, -0.2) is 55.7 Å². The molecular formula is C25H40N4O3. The van der Waals surface area contributed by atoms with Crippen molar-refractivity contribution in [1.29, 1.82) is 0 Å². The number of hydrogen-bond acceptors (Lipinski definition) is 4. The molecule has 2 fully saturated rings. The SMILES string of the molecule is CN(C)c1ccc(NC(=O)C2CCCC2)cc1CN(CC1CCCO1)C(=O)NC(C)(C)C. The highest BCUT2D eigenvalue weighted by Crippen LogP contribution is 2.29. The number of amides is 3. The Morgan fingerprint density at radius 1 is 1.09 bits per heavy atom. The Balaban J connectivity index is 1.81. The first-order chi connectivity index (χ1) is 15.1. The molecule has 1 aromatic rings. The molecule has 1 aromatic carbocycles. The summed E-state index contributed by atoms with van der Waals surface area (Å²) in [5.41, 5.74) is 2.50. The smallest absolute Gasteiger partial charge is 0.318 e. The summed E-state index contributed by atoms with van der Waals surface area (Å²) in [6.45, 7) is 7.71. The van der Waals surface area contributed by atoms with Gasteiger partial charge < -0.3 is 25.2 Å². The third kappa shape index (κ3) is 6.86. The second-order valence-corrected chi connectivity index (χ2v) is 10.4. The molecule has 1 atom stereocenters. The first-order valence-corrected chi connectivity index (χ1v) is 11.9. The molecule has 1 saturated heterocycles. The second-order valence-electron chi connectivity index (χ2n) is 10.4. The van der Waals surface area contributed by atoms with E-state index in [1.807, 2.05) is 62.9 Å². The zero-order valence-corrected chi connectivity index (χ0v) is 20.4. The number of ether oxygens (including phenoxy) is 1. The van der Waals surface area contributed by atoms with Crippen LogP contribution >= 0.6 is 0 Å². The van der Waals surface area contributed by atoms with Crippen molar-refractivity contribution in [2.24, 2.45) is 5.92 Å². The molecule has 0 aromatic heterocycles. The van der Waals surface area contributed by atoms with Crippen LogP contribution in [-0.2, 0) is 16.1 Å². The average Bonchev–Trinajstić information content (AvgIpc) is 3.40. The van der Waals surface area contributed by atoms with Crippen LogP contribution in [0.15, 0.2) is 18.2 Å². The van der Waals surface area contributed by atoms with Gasteiger partial charge in [-0.05, 0) is 70.2 Å². The molecule has 7 nitrogen and oxygen atoms in total. The Morgan fingerprint density at radius 2 is 1.81 bits per heavy atom. The van der Waals surface area contributed by atoms with Gasteiger partial charge in [-0.2, -0.15) is 0 Å². The minimum absolute atomic E-state index is 0.0637. The van der Waals surface area contributed by atoms with E-state index in [1.54, 1.807) is 0 Å². The maximum atomic E-state index is 13.1. The Bertz CT molecular complexity index is 791. The fourth-order valence-corrected chi connectivity index (χ4v) is 4.52. The third-order valence-electron chi connectivity index (χ3n) is 6.13. The van der Waals surface area contributed by atoms with E-state index < -0.39 is 0 Å². The van der Waals surface area contributed by atoms with Crippen LogP contribution in [0.5, 0.6) is 0 Å². The van der Waals surface area contributed by atoms with Crippen LogP contribution in [0.2, 0.25) is 0 Å². The number of carbonyl (C=O) groups excluding carboxylic acids is 2. The van der Waals surface area contributed by atoms with E-state index in [-0.39, 0.29) is 29.5 Å². The van der Waals surface area contributed by atoms with Crippen LogP contribution in [0.25, 0.3) is 0 Å². The topological polar surface area (TPSA) is 73.9 Å². The Kier molecular flexibility index (Phi) is 8.04. The van der Waals surface area contributed by atoms with E-state index in [2.05, 4.69) is 10.6 Å². The highest BCUT2D eigenvalue weighted by atomic mass is 16.5. The maximum absolute atomic E-state index is 13.1. The van der Waals surface area contributed by atoms with E-state index >= 15 is 0 Å². The standard InChI is InChI=1S/C25H40N4O3/c1-25(2,3)27-24(31)29(17-21-11-8-14-32-21)16-19-15-20(12-13-22(19)28(4)5)26-23(30)18-9-6-7-10-18/h12-13,15,18,21H,6-11,14,16-17H2,1-5H3,(H,26,30)(H,27,31). The lowest BCUT2D eigenvalue weighted by molar-refractivity contribution is -0.119. The van der Waals surface area contributed by atoms with Crippen LogP contribution < -0.4 is 15.5 Å². The fraction of sp³-hybridized carbons (Fsp3) is 0.680. The molecule has 2 N–H and O–H groups in total. The summed E-state index contributed by atoms with van der Waals surface area (Å²) in [7, 11) is 3.99. The average molecular weight is 445 g/mol. The molecule has 0 radical (unpaired) electrons. The minimum Gasteiger partial charge on any atom is -0.377 e. The van der Waals surface area contributed by atoms with Crippen LogP contribution in [0.4, 0.5) is 16.2 Å². The Labute approximate surface area is 192 Å². The van der Waals surface area contributed by atoms with Gasteiger partial charge >= 0.3 is 6.03 Å². The fourth-order valence-electron chi connectivity index (χ4n) is 4.52. The van der Waals surface area contributed by atoms with Gasteiger partial charge in [0.2, 0.25) is 5.91 Å². The lowest BCUT2D eigenvalue weighted by Crippen LogP contribution is -2.50. The van der Waals surface area contributed by atoms with Crippen molar-refractivity contribution in [3.63, 3.8) is 0 Å². The summed E-state index contributed by atoms with van der Waals surface area (Å²) in [5, 5.41) is 6.20. The van der Waals surface area contributed by atoms with Crippen molar-refractivity contribution in [2.45, 2.75) is 77.5 Å². The number of hydrogen-bond donors (Lipinski definition) is 2. The molecule has 1 aliphatic heterocycles. The Hall–Kier alpha value is -2.28. The molecule has 7 heteroatoms. The lowest BCUT2D eigenvalue weighted by Gasteiger charge is -2.31. The molecule has 1 saturated carbocycles. The number of carbonyl (C=O) groups is 2. The van der Waals surface area contributed by atoms with Crippen molar-refractivity contribution in [3.05, 3.63) is 23.8 Å². The molecule has 32 heavy (non-hydrogen) atoms. The first kappa shape index (κ1) is 24.4. The summed E-state index contributed by atoms with van der Waals surface area (Å²) < 4.78 is 5.82. The normalized spacial score (nSPS) is 19.1. The van der Waals surface area contributed by atoms with Crippen molar-refractivity contribution in [2.75, 3.05) is 37.5 Å². The monoisotopic (exact) mass is 444 g/mol. The van der Waals surface area contributed by atoms with Crippen LogP contribution in [0.3, 0.4) is 0 Å². The number of nitrogens with one attached hydrogen (secondary N) is 2. The van der Waals surface area contributed by atoms with Gasteiger partial charge in [0, 0.05) is 56.6 Å². The Morgan fingerprint density at radius 3 is 2.41 bits per heavy atom. The highest BCUT2D eigenvalue weighted by molar-refractivity contribution is 5.93. The molecule has 0 spiro atoms. The largest absolute Gasteiger partial charge is 0.377 e. The maximum Gasteiger partial charge on any atom is 0.318 e. The first-order valence-electron chi connectivity index (χ1n) is 11.9. The second kappa shape index (κ2) is 10.6. The molecule has 2 aliphatic rings. The molecule has 0 bridgehead atoms. The number of nitrogens with zero attached hydrogens (tertiary/aromatic N) is 2. The zero-order chi connectivity index (χ0) is 23.3. The quantitative estimate of drug-likeness (QED) is 0.655. The predicted octanol–water partition coefficient (Wildman–Crippen LogP) is 4.37. The van der Waals surface area contributed by atoms with E-state index in [4.69, 9.17) is 4.74 Å². The predicted molar refractivity (Wildman–Crippen MR) is 129 cm³/mol. The lowest BCUT2D eigenvalue weighted by atomic mass is 10.1. The molecule has 1 aliphatic carbocycles. The number of urea groups is 1. The van der Waals surface area contributed by atoms with Gasteiger partial charge in [-0.25, -0.2) is 4.79 Å². The summed E-state index contributed by atoms with van der Waals surface area (Å²) in [4.78, 5) is 29.7. The molecule has 1 heterocycles. The molecular weight excluding hydrogens is 404 g/mol. The van der Waals surface area contributed by atoms with E-state index in [0.717, 1.165) is 62.1 Å². The number of anilines is 2. The zero-order valence-electron chi connectivity index (χ0n) is 20.4. The van der Waals surface area contributed by atoms with E-state index in [9.17, 15) is 9.59 Å². The number of benzene rings is 1. The summed E-state index contributed by atoms with van der Waals surface area (Å²) >= 11 is 0. The van der Waals surface area contributed by atoms with Gasteiger partial charge in [0.1, 0.15) is 0 Å². The van der Waals surface area contributed by atoms with Gasteiger partial charge in [-0.3, -0.25) is 4.79 Å². The van der Waals surface area contributed by atoms with Crippen molar-refractivity contribution >= 4 is 23.3 Å². The van der Waals surface area contributed by atoms with Gasteiger partial charge in [0.15, 0.2) is 0 Å². The summed E-state index contributed by atoms with van der Waals surface area (Å²) in [6, 6.07) is 5.88. The third-order valence-corrected chi connectivity index (χ3v) is 6.13. The van der Waals surface area contributed by atoms with Crippen molar-refractivity contribution in [1.82, 2.24) is 10.2 Å². The van der Waals surface area contributed by atoms with Crippen LogP contribution in [0.1, 0.15) is 64.9 Å². The summed E-state index contributed by atoms with van der Waals surface area (Å²) in [6.07, 6.45) is 6.26. The molecule has 1 unspecified atom stereocenters.